The van der Waals surface area contributed by atoms with Gasteiger partial charge in [-0.15, -0.1) is 0 Å². The summed E-state index contributed by atoms with van der Waals surface area (Å²) in [6.45, 7) is 1.67. The summed E-state index contributed by atoms with van der Waals surface area (Å²) in [5.74, 6) is -8.54. The SMILES string of the molecule is CC1c2cccc(O)c2C(O)=C2C(=O)C3(O)C(O)=C(C(N)=O)C(=O)CC3C(O)C21.O. The van der Waals surface area contributed by atoms with Gasteiger partial charge in [-0.1, -0.05) is 19.1 Å². The Bertz CT molecular complexity index is 1060. The first kappa shape index (κ1) is 21.5. The van der Waals surface area contributed by atoms with Crippen molar-refractivity contribution in [2.45, 2.75) is 31.0 Å². The van der Waals surface area contributed by atoms with Crippen LogP contribution < -0.4 is 5.73 Å². The van der Waals surface area contributed by atoms with E-state index in [-0.39, 0.29) is 22.4 Å². The minimum atomic E-state index is -2.81. The zero-order valence-corrected chi connectivity index (χ0v) is 15.8. The highest BCUT2D eigenvalue weighted by Gasteiger charge is 2.64. The van der Waals surface area contributed by atoms with Crippen LogP contribution >= 0.6 is 0 Å². The molecule has 4 rings (SSSR count). The van der Waals surface area contributed by atoms with Crippen molar-refractivity contribution < 1.29 is 45.4 Å². The van der Waals surface area contributed by atoms with Crippen molar-refractivity contribution in [3.05, 3.63) is 46.2 Å². The number of hydrogen-bond donors (Lipinski definition) is 6. The number of fused-ring (bicyclic) bond motifs is 3. The number of Topliss-reactive ketones (excluding diaryl/α,β-unsaturated/α-hetero) is 2. The molecule has 1 aromatic rings. The molecule has 10 nitrogen and oxygen atoms in total. The van der Waals surface area contributed by atoms with E-state index in [4.69, 9.17) is 5.73 Å². The minimum Gasteiger partial charge on any atom is -0.508 e. The third-order valence-corrected chi connectivity index (χ3v) is 6.37. The van der Waals surface area contributed by atoms with Crippen molar-refractivity contribution in [3.63, 3.8) is 0 Å². The van der Waals surface area contributed by atoms with Crippen molar-refractivity contribution in [1.29, 1.82) is 0 Å². The largest absolute Gasteiger partial charge is 0.508 e. The number of phenolic OH excluding ortho intramolecular Hbond substituents is 1. The molecule has 0 spiro atoms. The van der Waals surface area contributed by atoms with Crippen molar-refractivity contribution in [1.82, 2.24) is 0 Å². The summed E-state index contributed by atoms with van der Waals surface area (Å²) in [6.07, 6.45) is -2.10. The van der Waals surface area contributed by atoms with E-state index in [1.165, 1.54) is 6.07 Å². The van der Waals surface area contributed by atoms with E-state index in [9.17, 15) is 39.9 Å². The number of aliphatic hydroxyl groups excluding tert-OH is 3. The van der Waals surface area contributed by atoms with Crippen LogP contribution in [0.15, 0.2) is 35.1 Å². The molecule has 10 heteroatoms. The molecule has 3 aliphatic rings. The van der Waals surface area contributed by atoms with Gasteiger partial charge in [-0.05, 0) is 17.5 Å². The second-order valence-corrected chi connectivity index (χ2v) is 7.73. The monoisotopic (exact) mass is 419 g/mol. The van der Waals surface area contributed by atoms with Gasteiger partial charge < -0.3 is 36.7 Å². The first-order valence-electron chi connectivity index (χ1n) is 9.00. The fourth-order valence-corrected chi connectivity index (χ4v) is 4.96. The van der Waals surface area contributed by atoms with E-state index in [1.54, 1.807) is 19.1 Å². The predicted molar refractivity (Wildman–Crippen MR) is 101 cm³/mol. The Kier molecular flexibility index (Phi) is 4.77. The molecule has 9 N–H and O–H groups in total. The smallest absolute Gasteiger partial charge is 0.255 e. The lowest BCUT2D eigenvalue weighted by Crippen LogP contribution is -2.63. The highest BCUT2D eigenvalue weighted by Crippen LogP contribution is 2.55. The van der Waals surface area contributed by atoms with Gasteiger partial charge in [-0.3, -0.25) is 14.4 Å². The molecule has 1 amide bonds. The number of rotatable bonds is 1. The maximum absolute atomic E-state index is 13.3. The number of phenols is 1. The first-order valence-corrected chi connectivity index (χ1v) is 9.00. The number of ketones is 2. The predicted octanol–water partition coefficient (Wildman–Crippen LogP) is -0.869. The Hall–Kier alpha value is -3.21. The van der Waals surface area contributed by atoms with E-state index < -0.39 is 70.4 Å². The lowest BCUT2D eigenvalue weighted by Gasteiger charge is -2.50. The molecule has 1 aromatic carbocycles. The summed E-state index contributed by atoms with van der Waals surface area (Å²) >= 11 is 0. The fraction of sp³-hybridized carbons (Fsp3) is 0.350. The maximum atomic E-state index is 13.3. The van der Waals surface area contributed by atoms with Crippen LogP contribution in [-0.4, -0.2) is 60.2 Å². The van der Waals surface area contributed by atoms with Crippen LogP contribution in [0.5, 0.6) is 5.75 Å². The molecule has 0 heterocycles. The van der Waals surface area contributed by atoms with Gasteiger partial charge in [-0.2, -0.15) is 0 Å². The van der Waals surface area contributed by atoms with Crippen molar-refractivity contribution in [2.75, 3.05) is 0 Å². The fourth-order valence-electron chi connectivity index (χ4n) is 4.96. The van der Waals surface area contributed by atoms with Gasteiger partial charge in [0, 0.05) is 23.8 Å². The molecule has 0 radical (unpaired) electrons. The standard InChI is InChI=1S/C20H19NO8.H2O/c1-6-7-3-2-4-9(22)12(7)16(25)14-11(6)15(24)8-5-10(23)13(19(21)28)17(26)20(8,29)18(14)27;/h2-4,6,8,11,15,22,24-26,29H,5H2,1H3,(H2,21,28);1H2. The third-order valence-electron chi connectivity index (χ3n) is 6.37. The molecular weight excluding hydrogens is 398 g/mol. The Balaban J connectivity index is 0.00000256. The van der Waals surface area contributed by atoms with Crippen LogP contribution in [-0.2, 0) is 14.4 Å². The number of amides is 1. The number of primary amides is 1. The zero-order chi connectivity index (χ0) is 21.4. The molecule has 0 aromatic heterocycles. The highest BCUT2D eigenvalue weighted by molar-refractivity contribution is 6.22. The van der Waals surface area contributed by atoms with Gasteiger partial charge in [0.1, 0.15) is 22.8 Å². The van der Waals surface area contributed by atoms with Crippen molar-refractivity contribution in [3.8, 4) is 5.75 Å². The van der Waals surface area contributed by atoms with E-state index in [0.29, 0.717) is 5.56 Å². The first-order chi connectivity index (χ1) is 13.5. The molecule has 0 bridgehead atoms. The van der Waals surface area contributed by atoms with Gasteiger partial charge in [-0.25, -0.2) is 0 Å². The van der Waals surface area contributed by atoms with Crippen LogP contribution in [0.25, 0.3) is 5.76 Å². The molecule has 0 saturated heterocycles. The molecule has 30 heavy (non-hydrogen) atoms. The van der Waals surface area contributed by atoms with E-state index in [2.05, 4.69) is 0 Å². The average Bonchev–Trinajstić information content (AvgIpc) is 2.65. The molecule has 3 aliphatic carbocycles. The number of benzene rings is 1. The quantitative estimate of drug-likeness (QED) is 0.314. The lowest BCUT2D eigenvalue weighted by atomic mass is 9.55. The van der Waals surface area contributed by atoms with E-state index in [0.717, 1.165) is 0 Å². The van der Waals surface area contributed by atoms with Crippen molar-refractivity contribution in [2.24, 2.45) is 17.6 Å². The molecule has 160 valence electrons. The molecule has 1 saturated carbocycles. The Morgan fingerprint density at radius 3 is 2.43 bits per heavy atom. The topological polar surface area (TPSA) is 210 Å². The maximum Gasteiger partial charge on any atom is 0.255 e. The van der Waals surface area contributed by atoms with E-state index >= 15 is 0 Å². The number of carbonyl (C=O) groups is 3. The average molecular weight is 419 g/mol. The number of aliphatic hydroxyl groups is 4. The second kappa shape index (κ2) is 6.66. The van der Waals surface area contributed by atoms with Gasteiger partial charge in [0.05, 0.1) is 11.7 Å². The van der Waals surface area contributed by atoms with Gasteiger partial charge in [0.25, 0.3) is 5.91 Å². The lowest BCUT2D eigenvalue weighted by molar-refractivity contribution is -0.160. The third kappa shape index (κ3) is 2.38. The van der Waals surface area contributed by atoms with E-state index in [1.807, 2.05) is 0 Å². The summed E-state index contributed by atoms with van der Waals surface area (Å²) in [7, 11) is 0. The summed E-state index contributed by atoms with van der Waals surface area (Å²) in [5, 5.41) is 53.6. The number of hydrogen-bond acceptors (Lipinski definition) is 8. The van der Waals surface area contributed by atoms with Crippen LogP contribution in [0.1, 0.15) is 30.4 Å². The number of carbonyl (C=O) groups excluding carboxylic acids is 3. The summed E-state index contributed by atoms with van der Waals surface area (Å²) in [6, 6.07) is 4.49. The molecule has 5 atom stereocenters. The van der Waals surface area contributed by atoms with Crippen LogP contribution in [0, 0.1) is 11.8 Å². The normalized spacial score (nSPS) is 32.8. The van der Waals surface area contributed by atoms with Crippen LogP contribution in [0.2, 0.25) is 0 Å². The van der Waals surface area contributed by atoms with Gasteiger partial charge in [0.2, 0.25) is 5.78 Å². The summed E-state index contributed by atoms with van der Waals surface area (Å²) in [4.78, 5) is 37.2. The van der Waals surface area contributed by atoms with Crippen LogP contribution in [0.4, 0.5) is 0 Å². The number of nitrogens with two attached hydrogens (primary N) is 1. The van der Waals surface area contributed by atoms with Crippen LogP contribution in [0.3, 0.4) is 0 Å². The highest BCUT2D eigenvalue weighted by atomic mass is 16.4. The number of aromatic hydroxyl groups is 1. The Morgan fingerprint density at radius 1 is 1.20 bits per heavy atom. The molecule has 1 fully saturated rings. The molecular formula is C20H21NO9. The minimum absolute atomic E-state index is 0. The molecule has 0 aliphatic heterocycles. The zero-order valence-electron chi connectivity index (χ0n) is 15.8. The summed E-state index contributed by atoms with van der Waals surface area (Å²) in [5.41, 5.74) is 1.48. The molecule has 5 unspecified atom stereocenters. The Morgan fingerprint density at radius 2 is 1.83 bits per heavy atom. The second-order valence-electron chi connectivity index (χ2n) is 7.73. The Labute approximate surface area is 169 Å². The summed E-state index contributed by atoms with van der Waals surface area (Å²) < 4.78 is 0. The van der Waals surface area contributed by atoms with Gasteiger partial charge in [0.15, 0.2) is 11.4 Å². The van der Waals surface area contributed by atoms with Crippen molar-refractivity contribution >= 4 is 23.2 Å². The van der Waals surface area contributed by atoms with Gasteiger partial charge >= 0.3 is 0 Å².